The molecule has 2 aromatic rings. The van der Waals surface area contributed by atoms with Crippen LogP contribution in [-0.4, -0.2) is 12.5 Å². The zero-order valence-electron chi connectivity index (χ0n) is 11.1. The first-order valence-electron chi connectivity index (χ1n) is 6.60. The zero-order chi connectivity index (χ0) is 14.8. The number of halogens is 2. The Morgan fingerprint density at radius 3 is 2.90 bits per heavy atom. The van der Waals surface area contributed by atoms with Crippen LogP contribution in [0.1, 0.15) is 5.56 Å². The van der Waals surface area contributed by atoms with Crippen molar-refractivity contribution in [3.8, 4) is 5.75 Å². The molecule has 108 valence electrons. The van der Waals surface area contributed by atoms with Crippen LogP contribution in [0.25, 0.3) is 0 Å². The van der Waals surface area contributed by atoms with Gasteiger partial charge in [0.05, 0.1) is 10.4 Å². The van der Waals surface area contributed by atoms with Crippen LogP contribution in [0, 0.1) is 11.7 Å². The van der Waals surface area contributed by atoms with Gasteiger partial charge in [-0.1, -0.05) is 18.2 Å². The van der Waals surface area contributed by atoms with Crippen molar-refractivity contribution in [3.63, 3.8) is 0 Å². The molecule has 1 amide bonds. The largest absolute Gasteiger partial charge is 0.492 e. The van der Waals surface area contributed by atoms with E-state index in [0.29, 0.717) is 23.2 Å². The van der Waals surface area contributed by atoms with Crippen molar-refractivity contribution in [2.24, 2.45) is 5.92 Å². The van der Waals surface area contributed by atoms with Crippen LogP contribution in [0.3, 0.4) is 0 Å². The Hall–Kier alpha value is -1.88. The number of carbonyl (C=O) groups excluding carboxylic acids is 1. The van der Waals surface area contributed by atoms with Gasteiger partial charge in [0, 0.05) is 5.69 Å². The fourth-order valence-electron chi connectivity index (χ4n) is 2.31. The highest BCUT2D eigenvalue weighted by molar-refractivity contribution is 9.10. The van der Waals surface area contributed by atoms with Crippen LogP contribution in [0.15, 0.2) is 46.9 Å². The number of anilines is 1. The topological polar surface area (TPSA) is 38.3 Å². The summed E-state index contributed by atoms with van der Waals surface area (Å²) in [6, 6.07) is 12.2. The lowest BCUT2D eigenvalue weighted by Gasteiger charge is -2.24. The maximum absolute atomic E-state index is 13.4. The van der Waals surface area contributed by atoms with E-state index in [2.05, 4.69) is 21.2 Å². The van der Waals surface area contributed by atoms with Crippen molar-refractivity contribution < 1.29 is 13.9 Å². The van der Waals surface area contributed by atoms with Gasteiger partial charge in [-0.15, -0.1) is 0 Å². The predicted molar refractivity (Wildman–Crippen MR) is 81.9 cm³/mol. The fourth-order valence-corrected chi connectivity index (χ4v) is 2.56. The number of hydrogen-bond donors (Lipinski definition) is 1. The Morgan fingerprint density at radius 2 is 2.10 bits per heavy atom. The Morgan fingerprint density at radius 1 is 1.29 bits per heavy atom. The van der Waals surface area contributed by atoms with Gasteiger partial charge in [-0.25, -0.2) is 4.39 Å². The summed E-state index contributed by atoms with van der Waals surface area (Å²) in [6.07, 6.45) is 0.626. The van der Waals surface area contributed by atoms with Crippen molar-refractivity contribution in [1.82, 2.24) is 0 Å². The van der Waals surface area contributed by atoms with E-state index in [-0.39, 0.29) is 11.8 Å². The number of benzene rings is 2. The summed E-state index contributed by atoms with van der Waals surface area (Å²) < 4.78 is 19.4. The summed E-state index contributed by atoms with van der Waals surface area (Å²) in [6.45, 7) is 0.335. The molecule has 2 aromatic carbocycles. The van der Waals surface area contributed by atoms with Gasteiger partial charge in [-0.05, 0) is 52.2 Å². The second-order valence-electron chi connectivity index (χ2n) is 4.94. The molecule has 0 fully saturated rings. The smallest absolute Gasteiger partial charge is 0.231 e. The number of fused-ring (bicyclic) bond motifs is 1. The summed E-state index contributed by atoms with van der Waals surface area (Å²) in [5.41, 5.74) is 1.46. The van der Waals surface area contributed by atoms with Crippen LogP contribution in [-0.2, 0) is 11.2 Å². The Labute approximate surface area is 130 Å². The second kappa shape index (κ2) is 5.85. The number of ether oxygens (including phenoxy) is 1. The van der Waals surface area contributed by atoms with Crippen LogP contribution in [0.2, 0.25) is 0 Å². The Kier molecular flexibility index (Phi) is 3.92. The Balaban J connectivity index is 1.70. The minimum Gasteiger partial charge on any atom is -0.492 e. The van der Waals surface area contributed by atoms with Crippen molar-refractivity contribution in [2.45, 2.75) is 6.42 Å². The van der Waals surface area contributed by atoms with Crippen molar-refractivity contribution in [1.29, 1.82) is 0 Å². The number of nitrogens with one attached hydrogen (secondary N) is 1. The highest BCUT2D eigenvalue weighted by Gasteiger charge is 2.25. The van der Waals surface area contributed by atoms with Crippen LogP contribution in [0.5, 0.6) is 5.75 Å². The molecule has 0 saturated carbocycles. The molecule has 0 saturated heterocycles. The highest BCUT2D eigenvalue weighted by Crippen LogP contribution is 2.27. The number of amides is 1. The molecule has 1 atom stereocenters. The lowest BCUT2D eigenvalue weighted by atomic mass is 9.96. The second-order valence-corrected chi connectivity index (χ2v) is 5.79. The van der Waals surface area contributed by atoms with Gasteiger partial charge in [-0.3, -0.25) is 4.79 Å². The maximum Gasteiger partial charge on any atom is 0.231 e. The van der Waals surface area contributed by atoms with Gasteiger partial charge in [-0.2, -0.15) is 0 Å². The van der Waals surface area contributed by atoms with E-state index >= 15 is 0 Å². The number of rotatable bonds is 2. The van der Waals surface area contributed by atoms with E-state index in [0.717, 1.165) is 11.3 Å². The third-order valence-corrected chi connectivity index (χ3v) is 4.08. The van der Waals surface area contributed by atoms with Crippen LogP contribution < -0.4 is 10.1 Å². The third-order valence-electron chi connectivity index (χ3n) is 3.44. The van der Waals surface area contributed by atoms with Gasteiger partial charge in [0.1, 0.15) is 18.2 Å². The first-order valence-corrected chi connectivity index (χ1v) is 7.39. The van der Waals surface area contributed by atoms with E-state index in [9.17, 15) is 9.18 Å². The molecular weight excluding hydrogens is 337 g/mol. The molecule has 1 N–H and O–H groups in total. The molecule has 1 aliphatic rings. The first-order chi connectivity index (χ1) is 10.1. The molecule has 5 heteroatoms. The van der Waals surface area contributed by atoms with Gasteiger partial charge >= 0.3 is 0 Å². The maximum atomic E-state index is 13.4. The molecule has 0 aliphatic carbocycles. The van der Waals surface area contributed by atoms with Crippen LogP contribution >= 0.6 is 15.9 Å². The van der Waals surface area contributed by atoms with Crippen LogP contribution in [0.4, 0.5) is 10.1 Å². The molecule has 1 heterocycles. The molecule has 0 aromatic heterocycles. The lowest BCUT2D eigenvalue weighted by molar-refractivity contribution is -0.121. The minimum absolute atomic E-state index is 0.161. The number of hydrogen-bond acceptors (Lipinski definition) is 2. The van der Waals surface area contributed by atoms with Gasteiger partial charge < -0.3 is 10.1 Å². The van der Waals surface area contributed by atoms with E-state index in [1.165, 1.54) is 6.07 Å². The average Bonchev–Trinajstić information content (AvgIpc) is 2.50. The monoisotopic (exact) mass is 349 g/mol. The summed E-state index contributed by atoms with van der Waals surface area (Å²) in [4.78, 5) is 12.2. The third kappa shape index (κ3) is 3.08. The molecule has 1 aliphatic heterocycles. The molecule has 0 bridgehead atoms. The van der Waals surface area contributed by atoms with E-state index in [4.69, 9.17) is 4.74 Å². The lowest BCUT2D eigenvalue weighted by Crippen LogP contribution is -2.32. The first kappa shape index (κ1) is 14.1. The number of para-hydroxylation sites is 1. The quantitative estimate of drug-likeness (QED) is 0.895. The molecule has 3 rings (SSSR count). The molecule has 21 heavy (non-hydrogen) atoms. The molecule has 3 nitrogen and oxygen atoms in total. The highest BCUT2D eigenvalue weighted by atomic mass is 79.9. The summed E-state index contributed by atoms with van der Waals surface area (Å²) in [7, 11) is 0. The summed E-state index contributed by atoms with van der Waals surface area (Å²) in [5.74, 6) is -0.00731. The van der Waals surface area contributed by atoms with E-state index in [1.807, 2.05) is 24.3 Å². The fraction of sp³-hybridized carbons (Fsp3) is 0.188. The molecular formula is C16H13BrFNO2. The molecule has 1 unspecified atom stereocenters. The summed E-state index contributed by atoms with van der Waals surface area (Å²) >= 11 is 3.08. The van der Waals surface area contributed by atoms with Gasteiger partial charge in [0.25, 0.3) is 0 Å². The summed E-state index contributed by atoms with van der Waals surface area (Å²) in [5, 5.41) is 2.73. The van der Waals surface area contributed by atoms with Crippen molar-refractivity contribution >= 4 is 27.5 Å². The van der Waals surface area contributed by atoms with E-state index < -0.39 is 5.82 Å². The molecule has 0 spiro atoms. The van der Waals surface area contributed by atoms with Crippen molar-refractivity contribution in [2.75, 3.05) is 11.9 Å². The minimum atomic E-state index is -0.405. The van der Waals surface area contributed by atoms with Gasteiger partial charge in [0.2, 0.25) is 5.91 Å². The zero-order valence-corrected chi connectivity index (χ0v) is 12.7. The standard InChI is InChI=1S/C16H13BrFNO2/c17-13-6-5-12(8-14(13)18)19-16(20)11-7-10-3-1-2-4-15(10)21-9-11/h1-6,8,11H,7,9H2,(H,19,20). The van der Waals surface area contributed by atoms with Crippen molar-refractivity contribution in [3.05, 3.63) is 58.3 Å². The molecule has 0 radical (unpaired) electrons. The average molecular weight is 350 g/mol. The van der Waals surface area contributed by atoms with E-state index in [1.54, 1.807) is 12.1 Å². The SMILES string of the molecule is O=C(Nc1ccc(Br)c(F)c1)C1COc2ccccc2C1. The normalized spacial score (nSPS) is 16.8. The predicted octanol–water partition coefficient (Wildman–Crippen LogP) is 3.78. The Bertz CT molecular complexity index is 690. The van der Waals surface area contributed by atoms with Gasteiger partial charge in [0.15, 0.2) is 0 Å². The number of carbonyl (C=O) groups is 1.